The number of methoxy groups -OCH3 is 2. The molecule has 0 aliphatic rings. The molecule has 1 unspecified atom stereocenters. The van der Waals surface area contributed by atoms with Crippen molar-refractivity contribution in [1.82, 2.24) is 10.2 Å². The van der Waals surface area contributed by atoms with E-state index in [1.165, 1.54) is 31.3 Å². The first kappa shape index (κ1) is 29.5. The Bertz CT molecular complexity index is 1190. The minimum Gasteiger partial charge on any atom is -0.497 e. The van der Waals surface area contributed by atoms with Crippen molar-refractivity contribution in [3.8, 4) is 11.5 Å². The normalized spacial score (nSPS) is 12.0. The Balaban J connectivity index is 2.53. The molecule has 0 spiro atoms. The number of carbonyl (C=O) groups excluding carboxylic acids is 2. The summed E-state index contributed by atoms with van der Waals surface area (Å²) in [7, 11) is -1.07. The molecule has 0 fully saturated rings. The minimum atomic E-state index is -3.93. The van der Waals surface area contributed by atoms with Crippen molar-refractivity contribution in [1.29, 1.82) is 0 Å². The molecule has 0 heterocycles. The number of nitrogens with one attached hydrogen (secondary N) is 1. The molecule has 9 nitrogen and oxygen atoms in total. The maximum absolute atomic E-state index is 13.7. The van der Waals surface area contributed by atoms with Gasteiger partial charge < -0.3 is 19.7 Å². The molecule has 12 heteroatoms. The Labute approximate surface area is 222 Å². The second-order valence-electron chi connectivity index (χ2n) is 7.88. The van der Waals surface area contributed by atoms with Gasteiger partial charge in [-0.05, 0) is 43.2 Å². The van der Waals surface area contributed by atoms with E-state index in [4.69, 9.17) is 32.7 Å². The molecule has 2 aromatic rings. The van der Waals surface area contributed by atoms with Gasteiger partial charge in [-0.2, -0.15) is 0 Å². The first-order valence-electron chi connectivity index (χ1n) is 11.2. The van der Waals surface area contributed by atoms with Crippen molar-refractivity contribution in [3.63, 3.8) is 0 Å². The Morgan fingerprint density at radius 2 is 1.75 bits per heavy atom. The number of likely N-dealkylation sites (N-methyl/N-ethyl adjacent to an activating group) is 1. The predicted molar refractivity (Wildman–Crippen MR) is 142 cm³/mol. The van der Waals surface area contributed by atoms with Gasteiger partial charge in [-0.25, -0.2) is 8.42 Å². The summed E-state index contributed by atoms with van der Waals surface area (Å²) in [6.45, 7) is 3.32. The molecule has 0 radical (unpaired) electrons. The number of halogens is 2. The van der Waals surface area contributed by atoms with Crippen LogP contribution in [0.1, 0.15) is 25.8 Å². The van der Waals surface area contributed by atoms with Gasteiger partial charge in [-0.15, -0.1) is 0 Å². The molecule has 1 N–H and O–H groups in total. The van der Waals surface area contributed by atoms with Crippen molar-refractivity contribution in [3.05, 3.63) is 52.0 Å². The highest BCUT2D eigenvalue weighted by Gasteiger charge is 2.32. The number of hydrogen-bond donors (Lipinski definition) is 1. The molecule has 2 aromatic carbocycles. The summed E-state index contributed by atoms with van der Waals surface area (Å²) < 4.78 is 37.1. The zero-order valence-electron chi connectivity index (χ0n) is 20.9. The number of hydrogen-bond acceptors (Lipinski definition) is 6. The van der Waals surface area contributed by atoms with Crippen LogP contribution in [0.3, 0.4) is 0 Å². The number of ether oxygens (including phenoxy) is 2. The van der Waals surface area contributed by atoms with Crippen LogP contribution in [0.15, 0.2) is 36.4 Å². The van der Waals surface area contributed by atoms with Gasteiger partial charge in [0.25, 0.3) is 0 Å². The molecule has 0 bridgehead atoms. The molecule has 36 heavy (non-hydrogen) atoms. The summed E-state index contributed by atoms with van der Waals surface area (Å²) in [5, 5.41) is 3.48. The van der Waals surface area contributed by atoms with Gasteiger partial charge >= 0.3 is 0 Å². The van der Waals surface area contributed by atoms with Crippen LogP contribution in [-0.2, 0) is 26.2 Å². The van der Waals surface area contributed by atoms with E-state index in [1.54, 1.807) is 38.1 Å². The molecule has 0 saturated heterocycles. The molecule has 0 aromatic heterocycles. The second-order valence-corrected chi connectivity index (χ2v) is 10.6. The first-order chi connectivity index (χ1) is 17.0. The molecule has 2 amide bonds. The van der Waals surface area contributed by atoms with Gasteiger partial charge in [0.1, 0.15) is 24.1 Å². The van der Waals surface area contributed by atoms with Crippen LogP contribution in [0.4, 0.5) is 5.69 Å². The van der Waals surface area contributed by atoms with Crippen LogP contribution in [0.2, 0.25) is 10.0 Å². The van der Waals surface area contributed by atoms with Crippen LogP contribution in [0.25, 0.3) is 0 Å². The van der Waals surface area contributed by atoms with E-state index in [0.717, 1.165) is 10.6 Å². The number of rotatable bonds is 12. The zero-order chi connectivity index (χ0) is 27.0. The first-order valence-corrected chi connectivity index (χ1v) is 13.8. The third kappa shape index (κ3) is 7.41. The lowest BCUT2D eigenvalue weighted by Crippen LogP contribution is -2.52. The van der Waals surface area contributed by atoms with E-state index in [0.29, 0.717) is 34.3 Å². The number of anilines is 1. The Morgan fingerprint density at radius 1 is 1.06 bits per heavy atom. The summed E-state index contributed by atoms with van der Waals surface area (Å²) >= 11 is 12.4. The average Bonchev–Trinajstić information content (AvgIpc) is 2.82. The van der Waals surface area contributed by atoms with Gasteiger partial charge in [0.15, 0.2) is 0 Å². The monoisotopic (exact) mass is 559 g/mol. The Kier molecular flexibility index (Phi) is 10.7. The zero-order valence-corrected chi connectivity index (χ0v) is 23.2. The van der Waals surface area contributed by atoms with Crippen LogP contribution in [0, 0.1) is 0 Å². The van der Waals surface area contributed by atoms with E-state index < -0.39 is 28.5 Å². The molecular formula is C24H31Cl2N3O6S. The number of sulfonamides is 1. The molecule has 1 atom stereocenters. The topological polar surface area (TPSA) is 105 Å². The smallest absolute Gasteiger partial charge is 0.244 e. The molecule has 0 aliphatic heterocycles. The van der Waals surface area contributed by atoms with E-state index >= 15 is 0 Å². The molecule has 198 valence electrons. The average molecular weight is 561 g/mol. The maximum Gasteiger partial charge on any atom is 0.244 e. The lowest BCUT2D eigenvalue weighted by molar-refractivity contribution is -0.140. The largest absolute Gasteiger partial charge is 0.497 e. The van der Waals surface area contributed by atoms with Crippen LogP contribution >= 0.6 is 23.2 Å². The van der Waals surface area contributed by atoms with Crippen molar-refractivity contribution in [2.45, 2.75) is 32.9 Å². The van der Waals surface area contributed by atoms with E-state index in [-0.39, 0.29) is 23.9 Å². The molecule has 0 saturated carbocycles. The summed E-state index contributed by atoms with van der Waals surface area (Å²) in [5.41, 5.74) is 0.717. The van der Waals surface area contributed by atoms with Gasteiger partial charge in [0, 0.05) is 29.2 Å². The number of carbonyl (C=O) groups is 2. The maximum atomic E-state index is 13.7. The van der Waals surface area contributed by atoms with Crippen molar-refractivity contribution >= 4 is 50.7 Å². The minimum absolute atomic E-state index is 0.0260. The van der Waals surface area contributed by atoms with Crippen LogP contribution < -0.4 is 19.1 Å². The molecule has 2 rings (SSSR count). The Hall–Kier alpha value is -2.69. The number of amides is 2. The number of benzene rings is 2. The van der Waals surface area contributed by atoms with Gasteiger partial charge in [0.2, 0.25) is 21.8 Å². The van der Waals surface area contributed by atoms with Crippen molar-refractivity contribution in [2.24, 2.45) is 0 Å². The van der Waals surface area contributed by atoms with Crippen LogP contribution in [-0.4, -0.2) is 64.7 Å². The fraction of sp³-hybridized carbons (Fsp3) is 0.417. The summed E-state index contributed by atoms with van der Waals surface area (Å²) in [6.07, 6.45) is 1.29. The fourth-order valence-electron chi connectivity index (χ4n) is 3.63. The third-order valence-electron chi connectivity index (χ3n) is 5.43. The van der Waals surface area contributed by atoms with Crippen LogP contribution in [0.5, 0.6) is 11.5 Å². The SMILES string of the molecule is CCNC(=O)C(CC)N(Cc1ccc(Cl)cc1Cl)C(=O)CN(c1ccc(OC)cc1OC)S(C)(=O)=O. The second kappa shape index (κ2) is 13.0. The lowest BCUT2D eigenvalue weighted by Gasteiger charge is -2.33. The highest BCUT2D eigenvalue weighted by atomic mass is 35.5. The summed E-state index contributed by atoms with van der Waals surface area (Å²) in [6, 6.07) is 8.55. The predicted octanol–water partition coefficient (Wildman–Crippen LogP) is 3.72. The highest BCUT2D eigenvalue weighted by molar-refractivity contribution is 7.92. The quantitative estimate of drug-likeness (QED) is 0.425. The third-order valence-corrected chi connectivity index (χ3v) is 7.14. The van der Waals surface area contributed by atoms with Crippen molar-refractivity contribution < 1.29 is 27.5 Å². The summed E-state index contributed by atoms with van der Waals surface area (Å²) in [5.74, 6) is -0.291. The van der Waals surface area contributed by atoms with Gasteiger partial charge in [-0.3, -0.25) is 13.9 Å². The number of nitrogens with zero attached hydrogens (tertiary/aromatic N) is 2. The Morgan fingerprint density at radius 3 is 2.28 bits per heavy atom. The lowest BCUT2D eigenvalue weighted by atomic mass is 10.1. The summed E-state index contributed by atoms with van der Waals surface area (Å²) in [4.78, 5) is 27.9. The van der Waals surface area contributed by atoms with Gasteiger partial charge in [0.05, 0.1) is 26.2 Å². The van der Waals surface area contributed by atoms with E-state index in [2.05, 4.69) is 5.32 Å². The fourth-order valence-corrected chi connectivity index (χ4v) is 4.95. The van der Waals surface area contributed by atoms with E-state index in [1.807, 2.05) is 0 Å². The standard InChI is InChI=1S/C24H31Cl2N3O6S/c1-6-20(24(31)27-7-2)28(14-16-8-9-17(25)12-19(16)26)23(30)15-29(36(5,32)33)21-11-10-18(34-3)13-22(21)35-4/h8-13,20H,6-7,14-15H2,1-5H3,(H,27,31). The molecular weight excluding hydrogens is 529 g/mol. The van der Waals surface area contributed by atoms with Gasteiger partial charge in [-0.1, -0.05) is 36.2 Å². The molecule has 0 aliphatic carbocycles. The van der Waals surface area contributed by atoms with Crippen molar-refractivity contribution in [2.75, 3.05) is 37.9 Å². The van der Waals surface area contributed by atoms with E-state index in [9.17, 15) is 18.0 Å². The highest BCUT2D eigenvalue weighted by Crippen LogP contribution is 2.34.